The molecule has 132 valence electrons. The van der Waals surface area contributed by atoms with Crippen LogP contribution < -0.4 is 5.32 Å². The summed E-state index contributed by atoms with van der Waals surface area (Å²) in [4.78, 5) is 14.7. The van der Waals surface area contributed by atoms with Gasteiger partial charge in [0.05, 0.1) is 12.2 Å². The number of hydrogen-bond acceptors (Lipinski definition) is 4. The van der Waals surface area contributed by atoms with E-state index in [2.05, 4.69) is 39.9 Å². The monoisotopic (exact) mass is 339 g/mol. The molecule has 0 bridgehead atoms. The molecule has 3 heterocycles. The molecule has 0 spiro atoms. The minimum atomic E-state index is 0.0238. The molecule has 0 aliphatic carbocycles. The molecule has 1 aromatic carbocycles. The van der Waals surface area contributed by atoms with Crippen molar-refractivity contribution in [1.82, 2.24) is 25.2 Å². The molecule has 2 fully saturated rings. The van der Waals surface area contributed by atoms with E-state index >= 15 is 0 Å². The summed E-state index contributed by atoms with van der Waals surface area (Å²) in [6.45, 7) is 3.63. The first-order valence-corrected chi connectivity index (χ1v) is 9.25. The zero-order valence-electron chi connectivity index (χ0n) is 14.5. The number of benzene rings is 1. The number of rotatable bonds is 4. The second kappa shape index (κ2) is 7.35. The number of piperidine rings is 1. The molecule has 1 N–H and O–H groups in total. The van der Waals surface area contributed by atoms with Crippen molar-refractivity contribution in [3.8, 4) is 0 Å². The minimum absolute atomic E-state index is 0.0238. The summed E-state index contributed by atoms with van der Waals surface area (Å²) < 4.78 is 1.88. The van der Waals surface area contributed by atoms with Crippen LogP contribution in [0, 0.1) is 5.92 Å². The molecule has 0 radical (unpaired) electrons. The van der Waals surface area contributed by atoms with Crippen LogP contribution in [-0.2, 0) is 6.42 Å². The van der Waals surface area contributed by atoms with E-state index in [0.717, 1.165) is 51.9 Å². The van der Waals surface area contributed by atoms with Gasteiger partial charge in [-0.15, -0.1) is 5.10 Å². The van der Waals surface area contributed by atoms with E-state index in [1.165, 1.54) is 5.56 Å². The van der Waals surface area contributed by atoms with Crippen molar-refractivity contribution >= 4 is 5.91 Å². The Hall–Kier alpha value is -2.21. The number of likely N-dealkylation sites (tertiary alicyclic amines) is 1. The first-order valence-electron chi connectivity index (χ1n) is 9.25. The summed E-state index contributed by atoms with van der Waals surface area (Å²) in [7, 11) is 0. The largest absolute Gasteiger partial charge is 0.337 e. The molecule has 1 aromatic heterocycles. The van der Waals surface area contributed by atoms with Crippen LogP contribution in [0.4, 0.5) is 0 Å². The van der Waals surface area contributed by atoms with Crippen LogP contribution in [0.3, 0.4) is 0 Å². The van der Waals surface area contributed by atoms with Gasteiger partial charge >= 0.3 is 0 Å². The molecule has 1 amide bonds. The first-order chi connectivity index (χ1) is 12.3. The second-order valence-corrected chi connectivity index (χ2v) is 7.16. The number of carbonyl (C=O) groups is 1. The van der Waals surface area contributed by atoms with Gasteiger partial charge in [0.2, 0.25) is 0 Å². The van der Waals surface area contributed by atoms with Gasteiger partial charge in [-0.05, 0) is 50.3 Å². The summed E-state index contributed by atoms with van der Waals surface area (Å²) >= 11 is 0. The fourth-order valence-electron chi connectivity index (χ4n) is 3.92. The van der Waals surface area contributed by atoms with Crippen molar-refractivity contribution in [1.29, 1.82) is 0 Å². The van der Waals surface area contributed by atoms with Gasteiger partial charge in [0.1, 0.15) is 0 Å². The Morgan fingerprint density at radius 3 is 2.76 bits per heavy atom. The smallest absolute Gasteiger partial charge is 0.276 e. The van der Waals surface area contributed by atoms with Gasteiger partial charge in [-0.2, -0.15) is 0 Å². The fourth-order valence-corrected chi connectivity index (χ4v) is 3.92. The van der Waals surface area contributed by atoms with Crippen LogP contribution in [0.2, 0.25) is 0 Å². The van der Waals surface area contributed by atoms with Crippen molar-refractivity contribution in [2.24, 2.45) is 5.92 Å². The average molecular weight is 339 g/mol. The van der Waals surface area contributed by atoms with Gasteiger partial charge in [-0.25, -0.2) is 4.68 Å². The topological polar surface area (TPSA) is 63.1 Å². The number of hydrogen-bond donors (Lipinski definition) is 1. The molecular weight excluding hydrogens is 314 g/mol. The maximum Gasteiger partial charge on any atom is 0.276 e. The van der Waals surface area contributed by atoms with Crippen molar-refractivity contribution in [3.63, 3.8) is 0 Å². The summed E-state index contributed by atoms with van der Waals surface area (Å²) in [6, 6.07) is 10.9. The molecule has 6 heteroatoms. The number of amides is 1. The highest BCUT2D eigenvalue weighted by molar-refractivity contribution is 5.92. The summed E-state index contributed by atoms with van der Waals surface area (Å²) in [5, 5.41) is 11.7. The molecule has 25 heavy (non-hydrogen) atoms. The van der Waals surface area contributed by atoms with E-state index in [0.29, 0.717) is 17.7 Å². The van der Waals surface area contributed by atoms with Gasteiger partial charge in [0.15, 0.2) is 5.69 Å². The molecule has 2 aliphatic rings. The highest BCUT2D eigenvalue weighted by Crippen LogP contribution is 2.23. The van der Waals surface area contributed by atoms with Crippen LogP contribution in [-0.4, -0.2) is 52.0 Å². The average Bonchev–Trinajstić information content (AvgIpc) is 3.33. The van der Waals surface area contributed by atoms with Crippen molar-refractivity contribution in [3.05, 3.63) is 47.8 Å². The van der Waals surface area contributed by atoms with Gasteiger partial charge in [0.25, 0.3) is 5.91 Å². The second-order valence-electron chi connectivity index (χ2n) is 7.16. The molecule has 1 unspecified atom stereocenters. The molecule has 2 aliphatic heterocycles. The van der Waals surface area contributed by atoms with Crippen LogP contribution in [0.5, 0.6) is 0 Å². The predicted octanol–water partition coefficient (Wildman–Crippen LogP) is 1.91. The van der Waals surface area contributed by atoms with E-state index in [9.17, 15) is 4.79 Å². The molecule has 6 nitrogen and oxygen atoms in total. The third kappa shape index (κ3) is 3.74. The van der Waals surface area contributed by atoms with E-state index in [1.807, 2.05) is 21.8 Å². The van der Waals surface area contributed by atoms with Crippen molar-refractivity contribution < 1.29 is 4.79 Å². The van der Waals surface area contributed by atoms with E-state index in [1.54, 1.807) is 0 Å². The van der Waals surface area contributed by atoms with Gasteiger partial charge in [-0.1, -0.05) is 35.5 Å². The minimum Gasteiger partial charge on any atom is -0.337 e. The third-order valence-electron chi connectivity index (χ3n) is 5.35. The molecular formula is C19H25N5O. The van der Waals surface area contributed by atoms with Crippen molar-refractivity contribution in [2.75, 3.05) is 26.2 Å². The standard InChI is InChI=1S/C19H25N5O/c25-19(18-14-24(22-21-18)17-6-9-20-10-7-17)23-11-8-16(13-23)12-15-4-2-1-3-5-15/h1-5,14,16-17,20H,6-13H2. The summed E-state index contributed by atoms with van der Waals surface area (Å²) in [5.41, 5.74) is 1.83. The van der Waals surface area contributed by atoms with Crippen LogP contribution in [0.15, 0.2) is 36.5 Å². The number of aromatic nitrogens is 3. The van der Waals surface area contributed by atoms with Gasteiger partial charge in [0, 0.05) is 13.1 Å². The first kappa shape index (κ1) is 16.3. The lowest BCUT2D eigenvalue weighted by molar-refractivity contribution is 0.0781. The number of carbonyl (C=O) groups excluding carboxylic acids is 1. The van der Waals surface area contributed by atoms with Gasteiger partial charge < -0.3 is 10.2 Å². The normalized spacial score (nSPS) is 21.6. The molecule has 2 aromatic rings. The Morgan fingerprint density at radius 1 is 1.16 bits per heavy atom. The fraction of sp³-hybridized carbons (Fsp3) is 0.526. The lowest BCUT2D eigenvalue weighted by Crippen LogP contribution is -2.30. The van der Waals surface area contributed by atoms with E-state index in [4.69, 9.17) is 0 Å². The molecule has 2 saturated heterocycles. The Labute approximate surface area is 148 Å². The zero-order chi connectivity index (χ0) is 17.1. The lowest BCUT2D eigenvalue weighted by Gasteiger charge is -2.22. The number of nitrogens with one attached hydrogen (secondary N) is 1. The molecule has 4 rings (SSSR count). The highest BCUT2D eigenvalue weighted by atomic mass is 16.2. The number of nitrogens with zero attached hydrogens (tertiary/aromatic N) is 4. The van der Waals surface area contributed by atoms with E-state index < -0.39 is 0 Å². The maximum absolute atomic E-state index is 12.7. The highest BCUT2D eigenvalue weighted by Gasteiger charge is 2.29. The maximum atomic E-state index is 12.7. The summed E-state index contributed by atoms with van der Waals surface area (Å²) in [5.74, 6) is 0.557. The molecule has 1 atom stereocenters. The lowest BCUT2D eigenvalue weighted by atomic mass is 9.99. The van der Waals surface area contributed by atoms with Crippen LogP contribution >= 0.6 is 0 Å². The predicted molar refractivity (Wildman–Crippen MR) is 95.3 cm³/mol. The van der Waals surface area contributed by atoms with Crippen LogP contribution in [0.1, 0.15) is 41.4 Å². The Morgan fingerprint density at radius 2 is 1.96 bits per heavy atom. The van der Waals surface area contributed by atoms with Crippen LogP contribution in [0.25, 0.3) is 0 Å². The Kier molecular flexibility index (Phi) is 4.78. The third-order valence-corrected chi connectivity index (χ3v) is 5.35. The van der Waals surface area contributed by atoms with Gasteiger partial charge in [-0.3, -0.25) is 4.79 Å². The molecule has 0 saturated carbocycles. The van der Waals surface area contributed by atoms with E-state index in [-0.39, 0.29) is 5.91 Å². The summed E-state index contributed by atoms with van der Waals surface area (Å²) in [6.07, 6.45) is 6.01. The van der Waals surface area contributed by atoms with Crippen molar-refractivity contribution in [2.45, 2.75) is 31.7 Å². The Bertz CT molecular complexity index is 708. The zero-order valence-corrected chi connectivity index (χ0v) is 14.5. The SMILES string of the molecule is O=C(c1cn(C2CCNCC2)nn1)N1CCC(Cc2ccccc2)C1. The Balaban J connectivity index is 1.36. The quantitative estimate of drug-likeness (QED) is 0.924.